The molecule has 1 atom stereocenters. The molecule has 0 radical (unpaired) electrons. The number of carboxylic acid groups (broad SMARTS) is 1. The molecule has 7 N–H and O–H groups in total. The van der Waals surface area contributed by atoms with Crippen molar-refractivity contribution in [3.05, 3.63) is 51.7 Å². The number of nitrogens with zero attached hydrogens (tertiary/aromatic N) is 3. The smallest absolute Gasteiger partial charge is 0.329 e. The Morgan fingerprint density at radius 2 is 1.83 bits per heavy atom. The van der Waals surface area contributed by atoms with Crippen LogP contribution in [0, 0.1) is 34.8 Å². The fraction of sp³-hybridized carbons (Fsp3) is 0.600. The molecule has 2 aromatic rings. The second-order valence-electron chi connectivity index (χ2n) is 10.9. The summed E-state index contributed by atoms with van der Waals surface area (Å²) in [7, 11) is 0. The Morgan fingerprint density at radius 3 is 2.43 bits per heavy atom. The van der Waals surface area contributed by atoms with E-state index in [-0.39, 0.29) is 29.8 Å². The number of carbonyl (C=O) groups excluding carboxylic acids is 1. The van der Waals surface area contributed by atoms with E-state index in [4.69, 9.17) is 16.6 Å². The van der Waals surface area contributed by atoms with Crippen LogP contribution in [0.1, 0.15) is 75.8 Å². The number of aliphatic carboxylic acids is 1. The molecule has 1 aliphatic rings. The van der Waals surface area contributed by atoms with E-state index in [9.17, 15) is 19.7 Å². The van der Waals surface area contributed by atoms with Crippen molar-refractivity contribution < 1.29 is 19.6 Å². The van der Waals surface area contributed by atoms with Crippen molar-refractivity contribution in [1.29, 1.82) is 0 Å². The molecule has 0 saturated heterocycles. The molecular weight excluding hydrogens is 538 g/mol. The number of anilines is 2. The van der Waals surface area contributed by atoms with Gasteiger partial charge in [-0.2, -0.15) is 4.98 Å². The Bertz CT molecular complexity index is 1140. The quantitative estimate of drug-likeness (QED) is 0.105. The van der Waals surface area contributed by atoms with Crippen molar-refractivity contribution >= 4 is 29.3 Å². The van der Waals surface area contributed by atoms with Gasteiger partial charge in [0.2, 0.25) is 17.7 Å². The van der Waals surface area contributed by atoms with Crippen LogP contribution in [0.25, 0.3) is 0 Å². The van der Waals surface area contributed by atoms with E-state index in [1.165, 1.54) is 17.3 Å². The molecule has 12 nitrogen and oxygen atoms in total. The van der Waals surface area contributed by atoms with Crippen molar-refractivity contribution in [1.82, 2.24) is 9.97 Å². The van der Waals surface area contributed by atoms with Gasteiger partial charge in [0.15, 0.2) is 0 Å². The first-order valence-electron chi connectivity index (χ1n) is 14.9. The highest BCUT2D eigenvalue weighted by Crippen LogP contribution is 2.29. The molecule has 232 valence electrons. The van der Waals surface area contributed by atoms with Gasteiger partial charge in [0, 0.05) is 25.4 Å². The van der Waals surface area contributed by atoms with Crippen LogP contribution in [0.4, 0.5) is 17.5 Å². The summed E-state index contributed by atoms with van der Waals surface area (Å²) in [4.78, 5) is 40.5. The molecule has 12 heteroatoms. The number of hydrogen-bond acceptors (Lipinski definition) is 9. The predicted octanol–water partition coefficient (Wildman–Crippen LogP) is 4.67. The van der Waals surface area contributed by atoms with Gasteiger partial charge in [-0.3, -0.25) is 19.7 Å². The molecule has 0 aliphatic heterocycles. The Labute approximate surface area is 248 Å². The molecule has 1 saturated carbocycles. The number of unbranched alkanes of at least 4 members (excludes halogenated alkanes) is 1. The molecule has 1 aliphatic carbocycles. The van der Waals surface area contributed by atoms with Gasteiger partial charge in [-0.15, -0.1) is 0 Å². The minimum Gasteiger partial charge on any atom is -0.481 e. The number of benzene rings is 1. The number of carbonyl (C=O) groups is 2. The number of rotatable bonds is 16. The first-order chi connectivity index (χ1) is 20.1. The first kappa shape index (κ1) is 34.4. The van der Waals surface area contributed by atoms with Gasteiger partial charge >= 0.3 is 11.7 Å². The zero-order valence-corrected chi connectivity index (χ0v) is 24.9. The van der Waals surface area contributed by atoms with Crippen LogP contribution in [0.2, 0.25) is 0 Å². The normalized spacial score (nSPS) is 16.9. The highest BCUT2D eigenvalue weighted by atomic mass is 16.6. The van der Waals surface area contributed by atoms with Gasteiger partial charge in [0.1, 0.15) is 6.20 Å². The molecule has 1 fully saturated rings. The summed E-state index contributed by atoms with van der Waals surface area (Å²) in [5.41, 5.74) is 13.5. The van der Waals surface area contributed by atoms with E-state index in [0.717, 1.165) is 51.5 Å². The third kappa shape index (κ3) is 12.4. The maximum absolute atomic E-state index is 11.2. The first-order valence-corrected chi connectivity index (χ1v) is 14.9. The predicted molar refractivity (Wildman–Crippen MR) is 164 cm³/mol. The van der Waals surface area contributed by atoms with Crippen LogP contribution in [-0.4, -0.2) is 51.5 Å². The van der Waals surface area contributed by atoms with Gasteiger partial charge in [-0.05, 0) is 94.2 Å². The fourth-order valence-electron chi connectivity index (χ4n) is 5.01. The number of primary amides is 1. The minimum absolute atomic E-state index is 0.0182. The van der Waals surface area contributed by atoms with Gasteiger partial charge in [-0.1, -0.05) is 31.2 Å². The lowest BCUT2D eigenvalue weighted by Crippen LogP contribution is -2.25. The summed E-state index contributed by atoms with van der Waals surface area (Å²) in [5.74, 6) is 0.569. The Morgan fingerprint density at radius 1 is 1.14 bits per heavy atom. The fourth-order valence-corrected chi connectivity index (χ4v) is 5.01. The molecule has 0 spiro atoms. The number of carboxylic acids is 1. The van der Waals surface area contributed by atoms with Gasteiger partial charge in [-0.25, -0.2) is 4.98 Å². The van der Waals surface area contributed by atoms with E-state index >= 15 is 0 Å². The van der Waals surface area contributed by atoms with Crippen molar-refractivity contribution in [2.24, 2.45) is 29.2 Å². The topological polar surface area (TPSA) is 199 Å². The number of aromatic nitrogens is 2. The molecular formula is C30H47N7O5. The zero-order chi connectivity index (χ0) is 30.9. The third-order valence-corrected chi connectivity index (χ3v) is 7.84. The number of hydrogen-bond donors (Lipinski definition) is 5. The molecule has 0 bridgehead atoms. The average molecular weight is 586 g/mol. The Balaban J connectivity index is 0.000000347. The third-order valence-electron chi connectivity index (χ3n) is 7.84. The van der Waals surface area contributed by atoms with E-state index in [1.54, 1.807) is 0 Å². The molecule has 3 rings (SSSR count). The average Bonchev–Trinajstić information content (AvgIpc) is 2.97. The standard InChI is InChI=1S/C17H28N6O4.C13H19NO/c18-9-12-4-6-13(7-5-12)10-20-16-14(23(26)27)11-21-17(22-16)19-8-2-1-3-15(24)25;1-3-11(13(14)15)8-9-12-7-5-4-6-10(12)2/h11-13H,1-10,18H2,(H,24,25)(H2,19,20,21,22);4-7,11H,3,8-9H2,1-2H3,(H2,14,15). The van der Waals surface area contributed by atoms with Crippen LogP contribution in [0.5, 0.6) is 0 Å². The molecule has 1 unspecified atom stereocenters. The molecule has 1 aromatic heterocycles. The van der Waals surface area contributed by atoms with Crippen LogP contribution in [-0.2, 0) is 16.0 Å². The number of nitrogens with one attached hydrogen (secondary N) is 2. The van der Waals surface area contributed by atoms with E-state index in [2.05, 4.69) is 39.7 Å². The summed E-state index contributed by atoms with van der Waals surface area (Å²) in [6.45, 7) is 5.97. The van der Waals surface area contributed by atoms with Crippen molar-refractivity contribution in [3.8, 4) is 0 Å². The lowest BCUT2D eigenvalue weighted by atomic mass is 9.82. The highest BCUT2D eigenvalue weighted by molar-refractivity contribution is 5.76. The lowest BCUT2D eigenvalue weighted by Gasteiger charge is -2.27. The number of nitro groups is 1. The number of aryl methyl sites for hydroxylation is 2. The molecule has 1 heterocycles. The zero-order valence-electron chi connectivity index (χ0n) is 24.9. The maximum Gasteiger partial charge on any atom is 0.329 e. The van der Waals surface area contributed by atoms with Crippen LogP contribution < -0.4 is 22.1 Å². The van der Waals surface area contributed by atoms with Gasteiger partial charge < -0.3 is 27.2 Å². The van der Waals surface area contributed by atoms with Gasteiger partial charge in [0.05, 0.1) is 4.92 Å². The SMILES string of the molecule is CCC(CCc1ccccc1C)C(N)=O.NCC1CCC(CNc2nc(NCCCCC(=O)O)ncc2[N+](=O)[O-])CC1. The molecule has 1 aromatic carbocycles. The minimum atomic E-state index is -0.825. The van der Waals surface area contributed by atoms with E-state index in [0.29, 0.717) is 43.7 Å². The summed E-state index contributed by atoms with van der Waals surface area (Å²) < 4.78 is 0. The maximum atomic E-state index is 11.2. The lowest BCUT2D eigenvalue weighted by molar-refractivity contribution is -0.384. The summed E-state index contributed by atoms with van der Waals surface area (Å²) in [6, 6.07) is 8.28. The van der Waals surface area contributed by atoms with Gasteiger partial charge in [0.25, 0.3) is 0 Å². The van der Waals surface area contributed by atoms with Crippen molar-refractivity contribution in [2.45, 2.75) is 78.1 Å². The van der Waals surface area contributed by atoms with Crippen molar-refractivity contribution in [3.63, 3.8) is 0 Å². The van der Waals surface area contributed by atoms with E-state index < -0.39 is 10.9 Å². The second kappa shape index (κ2) is 18.6. The van der Waals surface area contributed by atoms with Crippen LogP contribution in [0.3, 0.4) is 0 Å². The van der Waals surface area contributed by atoms with Crippen LogP contribution in [0.15, 0.2) is 30.5 Å². The Kier molecular flexibility index (Phi) is 15.2. The Hall–Kier alpha value is -3.80. The highest BCUT2D eigenvalue weighted by Gasteiger charge is 2.22. The monoisotopic (exact) mass is 585 g/mol. The van der Waals surface area contributed by atoms with Crippen LogP contribution >= 0.6 is 0 Å². The molecule has 1 amide bonds. The summed E-state index contributed by atoms with van der Waals surface area (Å²) in [5, 5.41) is 25.9. The number of amides is 1. The number of nitrogens with two attached hydrogens (primary N) is 2. The largest absolute Gasteiger partial charge is 0.481 e. The summed E-state index contributed by atoms with van der Waals surface area (Å²) >= 11 is 0. The summed E-state index contributed by atoms with van der Waals surface area (Å²) in [6.07, 6.45) is 9.44. The van der Waals surface area contributed by atoms with E-state index in [1.807, 2.05) is 19.1 Å². The van der Waals surface area contributed by atoms with Crippen molar-refractivity contribution in [2.75, 3.05) is 30.3 Å². The molecule has 42 heavy (non-hydrogen) atoms. The second-order valence-corrected chi connectivity index (χ2v) is 10.9.